The number of hydrogen-bond acceptors (Lipinski definition) is 3. The second kappa shape index (κ2) is 5.94. The Kier molecular flexibility index (Phi) is 4.08. The zero-order valence-corrected chi connectivity index (χ0v) is 13.6. The van der Waals surface area contributed by atoms with E-state index in [4.69, 9.17) is 4.74 Å². The van der Waals surface area contributed by atoms with Gasteiger partial charge in [-0.1, -0.05) is 0 Å². The fourth-order valence-electron chi connectivity index (χ4n) is 2.29. The van der Waals surface area contributed by atoms with Crippen molar-refractivity contribution in [1.29, 1.82) is 0 Å². The number of fused-ring (bicyclic) bond motifs is 1. The first-order valence-electron chi connectivity index (χ1n) is 6.92. The second-order valence-corrected chi connectivity index (χ2v) is 6.09. The first kappa shape index (κ1) is 16.5. The second-order valence-electron chi connectivity index (χ2n) is 5.11. The van der Waals surface area contributed by atoms with Crippen molar-refractivity contribution in [3.63, 3.8) is 0 Å². The summed E-state index contributed by atoms with van der Waals surface area (Å²) >= 11 is 1.16. The van der Waals surface area contributed by atoms with Crippen LogP contribution in [0.25, 0.3) is 0 Å². The van der Waals surface area contributed by atoms with Crippen LogP contribution in [0.4, 0.5) is 29.3 Å². The lowest BCUT2D eigenvalue weighted by Crippen LogP contribution is -2.40. The van der Waals surface area contributed by atoms with Gasteiger partial charge in [-0.3, -0.25) is 4.90 Å². The number of nitrogens with zero attached hydrogens (tertiary/aromatic N) is 2. The molecule has 0 aromatic heterocycles. The molecule has 2 aromatic rings. The SMILES string of the molecule is COc1ccc2c(c1)N(C)C(=O)N(c1ccc(C(F)(F)F)cc1)S2. The van der Waals surface area contributed by atoms with Crippen molar-refractivity contribution in [3.8, 4) is 5.75 Å². The minimum atomic E-state index is -4.41. The van der Waals surface area contributed by atoms with Crippen molar-refractivity contribution in [2.45, 2.75) is 11.1 Å². The third-order valence-electron chi connectivity index (χ3n) is 3.61. The van der Waals surface area contributed by atoms with E-state index in [0.29, 0.717) is 17.1 Å². The molecule has 0 radical (unpaired) electrons. The van der Waals surface area contributed by atoms with Crippen LogP contribution in [0.3, 0.4) is 0 Å². The normalized spacial score (nSPS) is 14.6. The topological polar surface area (TPSA) is 32.8 Å². The third-order valence-corrected chi connectivity index (χ3v) is 4.70. The number of methoxy groups -OCH3 is 1. The summed E-state index contributed by atoms with van der Waals surface area (Å²) in [6.07, 6.45) is -4.41. The smallest absolute Gasteiger partial charge is 0.416 e. The van der Waals surface area contributed by atoms with Gasteiger partial charge in [0, 0.05) is 13.1 Å². The highest BCUT2D eigenvalue weighted by molar-refractivity contribution is 8.01. The predicted molar refractivity (Wildman–Crippen MR) is 86.6 cm³/mol. The van der Waals surface area contributed by atoms with Crippen molar-refractivity contribution < 1.29 is 22.7 Å². The fraction of sp³-hybridized carbons (Fsp3) is 0.188. The Morgan fingerprint density at radius 1 is 1.08 bits per heavy atom. The molecule has 0 atom stereocenters. The first-order valence-corrected chi connectivity index (χ1v) is 7.69. The number of carbonyl (C=O) groups excluding carboxylic acids is 1. The van der Waals surface area contributed by atoms with Crippen LogP contribution in [0.5, 0.6) is 5.75 Å². The number of halogens is 3. The maximum Gasteiger partial charge on any atom is 0.416 e. The van der Waals surface area contributed by atoms with E-state index < -0.39 is 11.7 Å². The highest BCUT2D eigenvalue weighted by Gasteiger charge is 2.33. The zero-order chi connectivity index (χ0) is 17.5. The van der Waals surface area contributed by atoms with Gasteiger partial charge in [0.15, 0.2) is 0 Å². The van der Waals surface area contributed by atoms with E-state index in [1.807, 2.05) is 0 Å². The summed E-state index contributed by atoms with van der Waals surface area (Å²) in [5.74, 6) is 0.622. The summed E-state index contributed by atoms with van der Waals surface area (Å²) in [5.41, 5.74) is 0.318. The molecule has 2 amide bonds. The maximum absolute atomic E-state index is 12.7. The standard InChI is InChI=1S/C16H13F3N2O2S/c1-20-13-9-12(23-2)7-8-14(13)24-21(15(20)22)11-5-3-10(4-6-11)16(17,18)19/h3-9H,1-2H3. The molecule has 24 heavy (non-hydrogen) atoms. The molecule has 0 bridgehead atoms. The highest BCUT2D eigenvalue weighted by Crippen LogP contribution is 2.42. The van der Waals surface area contributed by atoms with E-state index in [1.165, 1.54) is 28.4 Å². The largest absolute Gasteiger partial charge is 0.497 e. The Morgan fingerprint density at radius 2 is 1.75 bits per heavy atom. The van der Waals surface area contributed by atoms with Crippen molar-refractivity contribution in [2.24, 2.45) is 0 Å². The maximum atomic E-state index is 12.7. The van der Waals surface area contributed by atoms with Gasteiger partial charge in [-0.15, -0.1) is 0 Å². The van der Waals surface area contributed by atoms with Gasteiger partial charge in [-0.25, -0.2) is 9.10 Å². The van der Waals surface area contributed by atoms with Gasteiger partial charge >= 0.3 is 12.2 Å². The van der Waals surface area contributed by atoms with Gasteiger partial charge < -0.3 is 4.74 Å². The van der Waals surface area contributed by atoms with Crippen LogP contribution in [0.2, 0.25) is 0 Å². The number of urea groups is 1. The Hall–Kier alpha value is -2.35. The summed E-state index contributed by atoms with van der Waals surface area (Å²) < 4.78 is 44.5. The van der Waals surface area contributed by atoms with Crippen LogP contribution in [0.1, 0.15) is 5.56 Å². The van der Waals surface area contributed by atoms with E-state index in [1.54, 1.807) is 25.2 Å². The Bertz CT molecular complexity index is 778. The molecular weight excluding hydrogens is 341 g/mol. The summed E-state index contributed by atoms with van der Waals surface area (Å²) in [6.45, 7) is 0. The lowest BCUT2D eigenvalue weighted by molar-refractivity contribution is -0.137. The van der Waals surface area contributed by atoms with Crippen molar-refractivity contribution in [2.75, 3.05) is 23.4 Å². The number of anilines is 2. The van der Waals surface area contributed by atoms with E-state index in [9.17, 15) is 18.0 Å². The van der Waals surface area contributed by atoms with Gasteiger partial charge in [0.2, 0.25) is 0 Å². The van der Waals surface area contributed by atoms with E-state index in [-0.39, 0.29) is 6.03 Å². The molecule has 8 heteroatoms. The number of alkyl halides is 3. The molecule has 1 aliphatic rings. The van der Waals surface area contributed by atoms with Crippen molar-refractivity contribution in [1.82, 2.24) is 0 Å². The third kappa shape index (κ3) is 2.89. The minimum absolute atomic E-state index is 0.347. The van der Waals surface area contributed by atoms with Crippen LogP contribution in [0, 0.1) is 0 Å². The molecule has 0 unspecified atom stereocenters. The lowest BCUT2D eigenvalue weighted by atomic mass is 10.2. The fourth-order valence-corrected chi connectivity index (χ4v) is 3.33. The molecule has 0 saturated carbocycles. The Labute approximate surface area is 140 Å². The molecule has 4 nitrogen and oxygen atoms in total. The Morgan fingerprint density at radius 3 is 2.33 bits per heavy atom. The molecule has 1 aliphatic heterocycles. The van der Waals surface area contributed by atoms with Crippen LogP contribution < -0.4 is 13.9 Å². The van der Waals surface area contributed by atoms with Gasteiger partial charge in [0.05, 0.1) is 28.9 Å². The average Bonchev–Trinajstić information content (AvgIpc) is 2.57. The highest BCUT2D eigenvalue weighted by atomic mass is 32.2. The number of hydrogen-bond donors (Lipinski definition) is 0. The summed E-state index contributed by atoms with van der Waals surface area (Å²) in [6, 6.07) is 9.47. The Balaban J connectivity index is 1.94. The van der Waals surface area contributed by atoms with Gasteiger partial charge in [-0.05, 0) is 48.3 Å². The van der Waals surface area contributed by atoms with Crippen LogP contribution >= 0.6 is 11.9 Å². The predicted octanol–water partition coefficient (Wildman–Crippen LogP) is 4.80. The summed E-state index contributed by atoms with van der Waals surface area (Å²) in [7, 11) is 3.14. The van der Waals surface area contributed by atoms with E-state index in [2.05, 4.69) is 0 Å². The number of rotatable bonds is 2. The van der Waals surface area contributed by atoms with Crippen LogP contribution in [-0.4, -0.2) is 20.2 Å². The number of carbonyl (C=O) groups is 1. The number of amides is 2. The van der Waals surface area contributed by atoms with Gasteiger partial charge in [-0.2, -0.15) is 13.2 Å². The molecule has 1 heterocycles. The summed E-state index contributed by atoms with van der Waals surface area (Å²) in [5, 5.41) is 0. The number of benzene rings is 2. The molecule has 0 fully saturated rings. The molecule has 0 N–H and O–H groups in total. The molecule has 0 aliphatic carbocycles. The van der Waals surface area contributed by atoms with E-state index in [0.717, 1.165) is 29.0 Å². The summed E-state index contributed by atoms with van der Waals surface area (Å²) in [4.78, 5) is 14.8. The van der Waals surface area contributed by atoms with Crippen molar-refractivity contribution in [3.05, 3.63) is 48.0 Å². The first-order chi connectivity index (χ1) is 11.3. The molecule has 0 spiro atoms. The van der Waals surface area contributed by atoms with Gasteiger partial charge in [0.1, 0.15) is 5.75 Å². The minimum Gasteiger partial charge on any atom is -0.497 e. The van der Waals surface area contributed by atoms with Gasteiger partial charge in [0.25, 0.3) is 0 Å². The molecule has 3 rings (SSSR count). The van der Waals surface area contributed by atoms with Crippen LogP contribution in [-0.2, 0) is 6.18 Å². The molecular formula is C16H13F3N2O2S. The van der Waals surface area contributed by atoms with E-state index >= 15 is 0 Å². The molecule has 0 saturated heterocycles. The van der Waals surface area contributed by atoms with Crippen molar-refractivity contribution >= 4 is 29.4 Å². The quantitative estimate of drug-likeness (QED) is 0.727. The molecule has 2 aromatic carbocycles. The lowest BCUT2D eigenvalue weighted by Gasteiger charge is -2.33. The number of ether oxygens (including phenoxy) is 1. The molecule has 126 valence electrons. The zero-order valence-electron chi connectivity index (χ0n) is 12.8. The monoisotopic (exact) mass is 354 g/mol. The van der Waals surface area contributed by atoms with Crippen LogP contribution in [0.15, 0.2) is 47.4 Å². The average molecular weight is 354 g/mol.